The van der Waals surface area contributed by atoms with Gasteiger partial charge in [0.2, 0.25) is 0 Å². The van der Waals surface area contributed by atoms with Crippen molar-refractivity contribution < 1.29 is 4.79 Å². The van der Waals surface area contributed by atoms with E-state index < -0.39 is 22.5 Å². The van der Waals surface area contributed by atoms with Crippen LogP contribution in [-0.4, -0.2) is 48.6 Å². The molecule has 2 aromatic heterocycles. The van der Waals surface area contributed by atoms with Crippen LogP contribution < -0.4 is 22.5 Å². The summed E-state index contributed by atoms with van der Waals surface area (Å²) in [7, 11) is 5.85. The van der Waals surface area contributed by atoms with Crippen LogP contribution in [0.25, 0.3) is 12.2 Å². The summed E-state index contributed by atoms with van der Waals surface area (Å²) >= 11 is 0. The lowest BCUT2D eigenvalue weighted by Gasteiger charge is -2.29. The van der Waals surface area contributed by atoms with Gasteiger partial charge in [-0.3, -0.25) is 28.4 Å². The van der Waals surface area contributed by atoms with E-state index in [-0.39, 0.29) is 16.9 Å². The molecule has 0 saturated carbocycles. The lowest BCUT2D eigenvalue weighted by Crippen LogP contribution is -2.40. The minimum atomic E-state index is -0.488. The first-order valence-electron chi connectivity index (χ1n) is 10.3. The number of likely N-dealkylation sites (tertiary alicyclic amines) is 1. The van der Waals surface area contributed by atoms with Gasteiger partial charge < -0.3 is 9.13 Å². The number of nitrogens with zero attached hydrogens (tertiary/aromatic N) is 5. The fraction of sp³-hybridized carbons (Fsp3) is 0.409. The van der Waals surface area contributed by atoms with Crippen molar-refractivity contribution in [2.75, 3.05) is 19.6 Å². The van der Waals surface area contributed by atoms with Gasteiger partial charge in [0, 0.05) is 64.8 Å². The van der Waals surface area contributed by atoms with Crippen molar-refractivity contribution in [2.24, 2.45) is 28.2 Å². The van der Waals surface area contributed by atoms with E-state index in [0.717, 1.165) is 22.1 Å². The molecule has 0 aromatic carbocycles. The zero-order valence-corrected chi connectivity index (χ0v) is 18.9. The Bertz CT molecular complexity index is 1280. The van der Waals surface area contributed by atoms with Crippen LogP contribution in [-0.2, 0) is 33.0 Å². The molecule has 0 unspecified atom stereocenters. The topological polar surface area (TPSA) is 108 Å². The molecular formula is C22H27N5O5. The van der Waals surface area contributed by atoms with Crippen LogP contribution in [0.15, 0.2) is 42.7 Å². The third-order valence-corrected chi connectivity index (χ3v) is 5.52. The van der Waals surface area contributed by atoms with Gasteiger partial charge >= 0.3 is 11.4 Å². The van der Waals surface area contributed by atoms with Gasteiger partial charge in [-0.25, -0.2) is 9.59 Å². The normalized spacial score (nSPS) is 17.5. The summed E-state index contributed by atoms with van der Waals surface area (Å²) in [6, 6.07) is 0. The van der Waals surface area contributed by atoms with Crippen molar-refractivity contribution in [3.63, 3.8) is 0 Å². The maximum absolute atomic E-state index is 13.3. The second kappa shape index (κ2) is 8.91. The number of ketones is 1. The first-order valence-corrected chi connectivity index (χ1v) is 10.3. The molecule has 0 N–H and O–H groups in total. The summed E-state index contributed by atoms with van der Waals surface area (Å²) in [5.74, 6) is -0.274. The minimum absolute atomic E-state index is 0.230. The highest BCUT2D eigenvalue weighted by Gasteiger charge is 2.26. The first kappa shape index (κ1) is 23.1. The molecule has 10 heteroatoms. The predicted molar refractivity (Wildman–Crippen MR) is 122 cm³/mol. The van der Waals surface area contributed by atoms with Crippen molar-refractivity contribution in [1.29, 1.82) is 0 Å². The summed E-state index contributed by atoms with van der Waals surface area (Å²) < 4.78 is 4.56. The van der Waals surface area contributed by atoms with Gasteiger partial charge in [0.1, 0.15) is 0 Å². The highest BCUT2D eigenvalue weighted by molar-refractivity contribution is 6.14. The minimum Gasteiger partial charge on any atom is -0.303 e. The number of aromatic nitrogens is 4. The molecule has 2 aromatic rings. The molecule has 1 saturated heterocycles. The molecule has 1 aliphatic rings. The zero-order valence-electron chi connectivity index (χ0n) is 18.9. The van der Waals surface area contributed by atoms with Gasteiger partial charge in [-0.1, -0.05) is 6.92 Å². The Balaban J connectivity index is 2.15. The number of Topliss-reactive ketones (excluding diaryl/α,β-unsaturated/α-hetero) is 1. The number of carbonyl (C=O) groups excluding carboxylic acids is 1. The fourth-order valence-corrected chi connectivity index (χ4v) is 3.83. The lowest BCUT2D eigenvalue weighted by molar-refractivity contribution is -0.113. The van der Waals surface area contributed by atoms with E-state index in [0.29, 0.717) is 24.2 Å². The predicted octanol–water partition coefficient (Wildman–Crippen LogP) is -0.757. The van der Waals surface area contributed by atoms with Crippen LogP contribution in [0.5, 0.6) is 0 Å². The average Bonchev–Trinajstić information content (AvgIpc) is 2.75. The highest BCUT2D eigenvalue weighted by atomic mass is 16.2. The molecule has 0 bridgehead atoms. The van der Waals surface area contributed by atoms with Crippen molar-refractivity contribution in [3.8, 4) is 0 Å². The van der Waals surface area contributed by atoms with Gasteiger partial charge in [-0.2, -0.15) is 0 Å². The fourth-order valence-electron chi connectivity index (χ4n) is 3.83. The largest absolute Gasteiger partial charge is 0.330 e. The van der Waals surface area contributed by atoms with Crippen LogP contribution in [0.1, 0.15) is 24.5 Å². The van der Waals surface area contributed by atoms with Crippen molar-refractivity contribution in [1.82, 2.24) is 23.2 Å². The highest BCUT2D eigenvalue weighted by Crippen LogP contribution is 2.21. The standard InChI is InChI=1S/C22H27N5O5/c1-6-7-27-12-14(8-16-10-23(2)21(31)25(4)19(16)29)18(28)15(13-27)9-17-11-24(3)22(32)26(5)20(17)30/h8-11H,6-7,12-13H2,1-5H3/b14-8-,15-9+. The zero-order chi connectivity index (χ0) is 23.7. The number of hydrogen-bond acceptors (Lipinski definition) is 6. The Morgan fingerprint density at radius 3 is 1.53 bits per heavy atom. The Morgan fingerprint density at radius 2 is 1.16 bits per heavy atom. The molecule has 1 aliphatic heterocycles. The van der Waals surface area contributed by atoms with E-state index in [1.165, 1.54) is 61.9 Å². The van der Waals surface area contributed by atoms with E-state index in [1.807, 2.05) is 6.92 Å². The van der Waals surface area contributed by atoms with Gasteiger partial charge in [0.25, 0.3) is 11.1 Å². The van der Waals surface area contributed by atoms with Crippen molar-refractivity contribution in [3.05, 3.63) is 76.3 Å². The maximum atomic E-state index is 13.3. The third kappa shape index (κ3) is 4.26. The van der Waals surface area contributed by atoms with Crippen LogP contribution in [0.3, 0.4) is 0 Å². The SMILES string of the molecule is CCCN1C/C(=C/c2cn(C)c(=O)n(C)c2=O)C(=O)/C(=C/c2cn(C)c(=O)n(C)c2=O)C1. The lowest BCUT2D eigenvalue weighted by atomic mass is 9.95. The molecular weight excluding hydrogens is 414 g/mol. The molecule has 0 amide bonds. The first-order chi connectivity index (χ1) is 15.0. The third-order valence-electron chi connectivity index (χ3n) is 5.52. The van der Waals surface area contributed by atoms with Crippen LogP contribution in [0, 0.1) is 0 Å². The molecule has 170 valence electrons. The van der Waals surface area contributed by atoms with E-state index in [1.54, 1.807) is 0 Å². The summed E-state index contributed by atoms with van der Waals surface area (Å²) in [6.07, 6.45) is 6.71. The Morgan fingerprint density at radius 1 is 0.750 bits per heavy atom. The van der Waals surface area contributed by atoms with Gasteiger partial charge in [-0.15, -0.1) is 0 Å². The smallest absolute Gasteiger partial charge is 0.303 e. The van der Waals surface area contributed by atoms with Gasteiger partial charge in [0.15, 0.2) is 5.78 Å². The summed E-state index contributed by atoms with van der Waals surface area (Å²) in [5.41, 5.74) is -0.627. The molecule has 32 heavy (non-hydrogen) atoms. The number of hydrogen-bond donors (Lipinski definition) is 0. The van der Waals surface area contributed by atoms with Crippen LogP contribution >= 0.6 is 0 Å². The van der Waals surface area contributed by atoms with Crippen molar-refractivity contribution >= 4 is 17.9 Å². The van der Waals surface area contributed by atoms with Crippen molar-refractivity contribution in [2.45, 2.75) is 13.3 Å². The van der Waals surface area contributed by atoms with Gasteiger partial charge in [0.05, 0.1) is 11.1 Å². The monoisotopic (exact) mass is 441 g/mol. The second-order valence-corrected chi connectivity index (χ2v) is 8.06. The van der Waals surface area contributed by atoms with E-state index >= 15 is 0 Å². The molecule has 3 rings (SSSR count). The Kier molecular flexibility index (Phi) is 6.45. The number of aryl methyl sites for hydroxylation is 2. The summed E-state index contributed by atoms with van der Waals surface area (Å²) in [6.45, 7) is 3.44. The summed E-state index contributed by atoms with van der Waals surface area (Å²) in [5, 5.41) is 0. The molecule has 0 aliphatic carbocycles. The van der Waals surface area contributed by atoms with E-state index in [4.69, 9.17) is 0 Å². The quantitative estimate of drug-likeness (QED) is 0.578. The molecule has 1 fully saturated rings. The second-order valence-electron chi connectivity index (χ2n) is 8.06. The summed E-state index contributed by atoms with van der Waals surface area (Å²) in [4.78, 5) is 64.3. The van der Waals surface area contributed by atoms with E-state index in [9.17, 15) is 24.0 Å². The maximum Gasteiger partial charge on any atom is 0.330 e. The van der Waals surface area contributed by atoms with Gasteiger partial charge in [-0.05, 0) is 25.1 Å². The number of carbonyl (C=O) groups is 1. The van der Waals surface area contributed by atoms with Crippen LogP contribution in [0.2, 0.25) is 0 Å². The number of rotatable bonds is 4. The van der Waals surface area contributed by atoms with Crippen LogP contribution in [0.4, 0.5) is 0 Å². The molecule has 0 spiro atoms. The van der Waals surface area contributed by atoms with E-state index in [2.05, 4.69) is 4.90 Å². The average molecular weight is 441 g/mol. The Labute approximate surface area is 183 Å². The molecule has 10 nitrogen and oxygen atoms in total. The molecule has 0 atom stereocenters. The Hall–Kier alpha value is -3.53. The molecule has 3 heterocycles. The molecule has 0 radical (unpaired) electrons. The number of piperidine rings is 1.